The lowest BCUT2D eigenvalue weighted by Crippen LogP contribution is -2.04. The summed E-state index contributed by atoms with van der Waals surface area (Å²) in [4.78, 5) is 15.2. The first-order valence-corrected chi connectivity index (χ1v) is 4.82. The van der Waals surface area contributed by atoms with Gasteiger partial charge in [-0.05, 0) is 25.1 Å². The van der Waals surface area contributed by atoms with Gasteiger partial charge in [-0.2, -0.15) is 5.26 Å². The Morgan fingerprint density at radius 2 is 2.35 bits per heavy atom. The Morgan fingerprint density at radius 3 is 2.88 bits per heavy atom. The molecule has 0 unspecified atom stereocenters. The third kappa shape index (κ3) is 1.88. The van der Waals surface area contributed by atoms with Gasteiger partial charge in [0.05, 0.1) is 23.1 Å². The molecular weight excluding hydrogens is 220 g/mol. The van der Waals surface area contributed by atoms with Gasteiger partial charge in [0.25, 0.3) is 0 Å². The molecule has 17 heavy (non-hydrogen) atoms. The molecule has 0 saturated carbocycles. The monoisotopic (exact) mass is 228 g/mol. The highest BCUT2D eigenvalue weighted by atomic mass is 16.4. The van der Waals surface area contributed by atoms with Crippen molar-refractivity contribution >= 4 is 5.97 Å². The van der Waals surface area contributed by atoms with E-state index in [4.69, 9.17) is 14.8 Å². The lowest BCUT2D eigenvalue weighted by atomic mass is 10.1. The lowest BCUT2D eigenvalue weighted by molar-refractivity contribution is 0.0696. The minimum atomic E-state index is -1.15. The Labute approximate surface area is 96.9 Å². The second kappa shape index (κ2) is 4.10. The summed E-state index contributed by atoms with van der Waals surface area (Å²) in [6, 6.07) is 6.55. The molecule has 0 spiro atoms. The van der Waals surface area contributed by atoms with Crippen LogP contribution in [0.5, 0.6) is 0 Å². The van der Waals surface area contributed by atoms with Gasteiger partial charge >= 0.3 is 5.97 Å². The van der Waals surface area contributed by atoms with E-state index in [2.05, 4.69) is 4.98 Å². The SMILES string of the molecule is Cc1nc(-c2ccco2)cc(C(=O)O)c1C#N. The lowest BCUT2D eigenvalue weighted by Gasteiger charge is -2.04. The average molecular weight is 228 g/mol. The molecule has 2 rings (SSSR count). The smallest absolute Gasteiger partial charge is 0.337 e. The molecule has 0 aromatic carbocycles. The minimum absolute atomic E-state index is 0.0635. The highest BCUT2D eigenvalue weighted by Crippen LogP contribution is 2.22. The fraction of sp³-hybridized carbons (Fsp3) is 0.0833. The van der Waals surface area contributed by atoms with Crippen LogP contribution in [0.3, 0.4) is 0 Å². The number of carboxylic acid groups (broad SMARTS) is 1. The maximum absolute atomic E-state index is 11.0. The van der Waals surface area contributed by atoms with E-state index in [0.29, 0.717) is 17.1 Å². The number of carboxylic acids is 1. The highest BCUT2D eigenvalue weighted by Gasteiger charge is 2.16. The zero-order valence-corrected chi connectivity index (χ0v) is 8.97. The second-order valence-electron chi connectivity index (χ2n) is 3.41. The van der Waals surface area contributed by atoms with Crippen molar-refractivity contribution in [1.82, 2.24) is 4.98 Å². The van der Waals surface area contributed by atoms with Crippen LogP contribution in [0.15, 0.2) is 28.9 Å². The van der Waals surface area contributed by atoms with E-state index >= 15 is 0 Å². The van der Waals surface area contributed by atoms with Crippen molar-refractivity contribution in [2.45, 2.75) is 6.92 Å². The number of aryl methyl sites for hydroxylation is 1. The predicted molar refractivity (Wildman–Crippen MR) is 58.4 cm³/mol. The van der Waals surface area contributed by atoms with Crippen LogP contribution in [0.4, 0.5) is 0 Å². The summed E-state index contributed by atoms with van der Waals surface area (Å²) in [5, 5.41) is 17.9. The summed E-state index contributed by atoms with van der Waals surface area (Å²) in [5.74, 6) is -0.681. The van der Waals surface area contributed by atoms with Gasteiger partial charge in [-0.1, -0.05) is 0 Å². The topological polar surface area (TPSA) is 87.1 Å². The van der Waals surface area contributed by atoms with Gasteiger partial charge in [0.1, 0.15) is 11.8 Å². The maximum Gasteiger partial charge on any atom is 0.337 e. The summed E-state index contributed by atoms with van der Waals surface area (Å²) in [5.41, 5.74) is 0.793. The Balaban J connectivity index is 2.67. The molecule has 0 amide bonds. The van der Waals surface area contributed by atoms with Crippen molar-refractivity contribution in [3.8, 4) is 17.5 Å². The van der Waals surface area contributed by atoms with Gasteiger partial charge in [-0.25, -0.2) is 9.78 Å². The molecule has 2 heterocycles. The van der Waals surface area contributed by atoms with E-state index in [1.165, 1.54) is 12.3 Å². The number of furan rings is 1. The summed E-state index contributed by atoms with van der Waals surface area (Å²) >= 11 is 0. The van der Waals surface area contributed by atoms with Crippen LogP contribution in [0, 0.1) is 18.3 Å². The molecule has 0 aliphatic rings. The number of rotatable bonds is 2. The Kier molecular flexibility index (Phi) is 2.63. The predicted octanol–water partition coefficient (Wildman–Crippen LogP) is 2.22. The third-order valence-electron chi connectivity index (χ3n) is 2.32. The number of hydrogen-bond acceptors (Lipinski definition) is 4. The number of aromatic nitrogens is 1. The summed E-state index contributed by atoms with van der Waals surface area (Å²) in [7, 11) is 0. The molecule has 2 aromatic heterocycles. The maximum atomic E-state index is 11.0. The number of nitriles is 1. The Bertz CT molecular complexity index is 609. The molecule has 84 valence electrons. The third-order valence-corrected chi connectivity index (χ3v) is 2.32. The first-order valence-electron chi connectivity index (χ1n) is 4.82. The molecule has 0 aliphatic heterocycles. The van der Waals surface area contributed by atoms with Crippen LogP contribution >= 0.6 is 0 Å². The van der Waals surface area contributed by atoms with Crippen LogP contribution in [-0.2, 0) is 0 Å². The highest BCUT2D eigenvalue weighted by molar-refractivity contribution is 5.92. The second-order valence-corrected chi connectivity index (χ2v) is 3.41. The van der Waals surface area contributed by atoms with Crippen LogP contribution in [0.25, 0.3) is 11.5 Å². The summed E-state index contributed by atoms with van der Waals surface area (Å²) in [6.45, 7) is 1.59. The van der Waals surface area contributed by atoms with Crippen molar-refractivity contribution in [2.24, 2.45) is 0 Å². The van der Waals surface area contributed by atoms with Crippen molar-refractivity contribution < 1.29 is 14.3 Å². The van der Waals surface area contributed by atoms with E-state index < -0.39 is 5.97 Å². The molecule has 0 fully saturated rings. The molecule has 0 saturated heterocycles. The summed E-state index contributed by atoms with van der Waals surface area (Å²) < 4.78 is 5.14. The molecule has 5 nitrogen and oxygen atoms in total. The van der Waals surface area contributed by atoms with Gasteiger partial charge in [-0.3, -0.25) is 0 Å². The van der Waals surface area contributed by atoms with Crippen molar-refractivity contribution in [3.05, 3.63) is 41.3 Å². The number of carbonyl (C=O) groups is 1. The molecule has 0 aliphatic carbocycles. The quantitative estimate of drug-likeness (QED) is 0.851. The van der Waals surface area contributed by atoms with Crippen LogP contribution in [0.1, 0.15) is 21.6 Å². The minimum Gasteiger partial charge on any atom is -0.478 e. The molecular formula is C12H8N2O3. The van der Waals surface area contributed by atoms with Crippen molar-refractivity contribution in [1.29, 1.82) is 5.26 Å². The van der Waals surface area contributed by atoms with Crippen molar-refractivity contribution in [3.63, 3.8) is 0 Å². The van der Waals surface area contributed by atoms with E-state index in [1.54, 1.807) is 19.1 Å². The standard InChI is InChI=1S/C12H8N2O3/c1-7-9(6-13)8(12(15)16)5-10(14-7)11-3-2-4-17-11/h2-5H,1H3,(H,15,16). The van der Waals surface area contributed by atoms with E-state index in [9.17, 15) is 4.79 Å². The first kappa shape index (κ1) is 10.9. The zero-order chi connectivity index (χ0) is 12.4. The Hall–Kier alpha value is -2.61. The van der Waals surface area contributed by atoms with Gasteiger partial charge in [0.2, 0.25) is 0 Å². The van der Waals surface area contributed by atoms with Gasteiger partial charge in [-0.15, -0.1) is 0 Å². The molecule has 0 bridgehead atoms. The zero-order valence-electron chi connectivity index (χ0n) is 8.97. The molecule has 5 heteroatoms. The molecule has 1 N–H and O–H groups in total. The number of hydrogen-bond donors (Lipinski definition) is 1. The van der Waals surface area contributed by atoms with Gasteiger partial charge in [0, 0.05) is 0 Å². The van der Waals surface area contributed by atoms with Crippen molar-refractivity contribution in [2.75, 3.05) is 0 Å². The first-order chi connectivity index (χ1) is 8.13. The van der Waals surface area contributed by atoms with E-state index in [0.717, 1.165) is 0 Å². The van der Waals surface area contributed by atoms with Crippen LogP contribution in [0.2, 0.25) is 0 Å². The largest absolute Gasteiger partial charge is 0.478 e. The normalized spacial score (nSPS) is 9.88. The van der Waals surface area contributed by atoms with E-state index in [-0.39, 0.29) is 11.1 Å². The van der Waals surface area contributed by atoms with E-state index in [1.807, 2.05) is 6.07 Å². The number of aromatic carboxylic acids is 1. The number of pyridine rings is 1. The Morgan fingerprint density at radius 1 is 1.59 bits per heavy atom. The fourth-order valence-electron chi connectivity index (χ4n) is 1.53. The van der Waals surface area contributed by atoms with Crippen LogP contribution < -0.4 is 0 Å². The molecule has 0 atom stereocenters. The summed E-state index contributed by atoms with van der Waals surface area (Å²) in [6.07, 6.45) is 1.48. The number of nitrogens with zero attached hydrogens (tertiary/aromatic N) is 2. The fourth-order valence-corrected chi connectivity index (χ4v) is 1.53. The average Bonchev–Trinajstić information content (AvgIpc) is 2.81. The molecule has 0 radical (unpaired) electrons. The van der Waals surface area contributed by atoms with Gasteiger partial charge in [0.15, 0.2) is 5.76 Å². The van der Waals surface area contributed by atoms with Gasteiger partial charge < -0.3 is 9.52 Å². The van der Waals surface area contributed by atoms with Crippen LogP contribution in [-0.4, -0.2) is 16.1 Å². The molecule has 2 aromatic rings.